The second-order valence-electron chi connectivity index (χ2n) is 5.22. The first-order chi connectivity index (χ1) is 10.4. The Labute approximate surface area is 142 Å². The number of aliphatic hydroxyl groups excluding tert-OH is 1. The van der Waals surface area contributed by atoms with E-state index in [9.17, 15) is 18.3 Å². The zero-order valence-corrected chi connectivity index (χ0v) is 14.4. The van der Waals surface area contributed by atoms with Crippen molar-refractivity contribution in [3.63, 3.8) is 0 Å². The molecule has 130 valence electrons. The van der Waals surface area contributed by atoms with Gasteiger partial charge >= 0.3 is 0 Å². The number of rotatable bonds is 6. The lowest BCUT2D eigenvalue weighted by molar-refractivity contribution is 0.0927. The van der Waals surface area contributed by atoms with E-state index in [0.717, 1.165) is 0 Å². The van der Waals surface area contributed by atoms with Crippen molar-refractivity contribution in [2.45, 2.75) is 17.9 Å². The van der Waals surface area contributed by atoms with Gasteiger partial charge in [0, 0.05) is 37.7 Å². The lowest BCUT2D eigenvalue weighted by Crippen LogP contribution is -2.34. The van der Waals surface area contributed by atoms with Crippen molar-refractivity contribution in [1.82, 2.24) is 15.4 Å². The predicted octanol–water partition coefficient (Wildman–Crippen LogP) is -0.283. The van der Waals surface area contributed by atoms with E-state index in [1.54, 1.807) is 13.0 Å². The van der Waals surface area contributed by atoms with Crippen molar-refractivity contribution in [3.05, 3.63) is 29.8 Å². The second-order valence-corrected chi connectivity index (χ2v) is 6.99. The Morgan fingerprint density at radius 1 is 1.39 bits per heavy atom. The number of sulfonamides is 1. The quantitative estimate of drug-likeness (QED) is 0.556. The number of benzene rings is 1. The minimum Gasteiger partial charge on any atom is -0.391 e. The lowest BCUT2D eigenvalue weighted by atomic mass is 10.1. The van der Waals surface area contributed by atoms with Crippen molar-refractivity contribution in [3.8, 4) is 0 Å². The number of amides is 1. The molecule has 0 saturated carbocycles. The fourth-order valence-corrected chi connectivity index (χ4v) is 3.42. The summed E-state index contributed by atoms with van der Waals surface area (Å²) in [5.74, 6) is -0.384. The van der Waals surface area contributed by atoms with Gasteiger partial charge in [-0.3, -0.25) is 4.79 Å². The number of halogens is 1. The summed E-state index contributed by atoms with van der Waals surface area (Å²) in [6, 6.07) is 5.88. The highest BCUT2D eigenvalue weighted by molar-refractivity contribution is 7.89. The molecule has 0 aromatic heterocycles. The summed E-state index contributed by atoms with van der Waals surface area (Å²) in [5, 5.41) is 15.4. The highest BCUT2D eigenvalue weighted by Gasteiger charge is 2.25. The van der Waals surface area contributed by atoms with Gasteiger partial charge in [0.15, 0.2) is 0 Å². The predicted molar refractivity (Wildman–Crippen MR) is 89.3 cm³/mol. The normalized spacial score (nSPS) is 20.8. The van der Waals surface area contributed by atoms with Crippen LogP contribution >= 0.6 is 12.4 Å². The topological polar surface area (TPSA) is 108 Å². The van der Waals surface area contributed by atoms with Gasteiger partial charge in [-0.25, -0.2) is 13.1 Å². The molecule has 0 aliphatic carbocycles. The second kappa shape index (κ2) is 8.60. The van der Waals surface area contributed by atoms with Crippen molar-refractivity contribution in [2.24, 2.45) is 5.92 Å². The fourth-order valence-electron chi connectivity index (χ4n) is 2.33. The first kappa shape index (κ1) is 19.9. The van der Waals surface area contributed by atoms with Gasteiger partial charge in [0.1, 0.15) is 0 Å². The summed E-state index contributed by atoms with van der Waals surface area (Å²) in [7, 11) is -3.59. The van der Waals surface area contributed by atoms with Crippen LogP contribution in [-0.2, 0) is 10.0 Å². The third-order valence-corrected chi connectivity index (χ3v) is 5.11. The number of carbonyl (C=O) groups excluding carboxylic acids is 1. The van der Waals surface area contributed by atoms with Gasteiger partial charge in [-0.1, -0.05) is 13.0 Å². The SMILES string of the molecule is CCNS(=O)(=O)c1cccc(C(=O)NCC2CNCC2O)c1.Cl. The number of nitrogens with one attached hydrogen (secondary N) is 3. The molecule has 2 unspecified atom stereocenters. The van der Waals surface area contributed by atoms with Crippen LogP contribution in [0.25, 0.3) is 0 Å². The molecular formula is C14H22ClN3O4S. The van der Waals surface area contributed by atoms with E-state index in [-0.39, 0.29) is 41.2 Å². The zero-order chi connectivity index (χ0) is 16.2. The Morgan fingerprint density at radius 3 is 2.74 bits per heavy atom. The van der Waals surface area contributed by atoms with Crippen LogP contribution in [0.3, 0.4) is 0 Å². The molecule has 2 atom stereocenters. The molecule has 23 heavy (non-hydrogen) atoms. The lowest BCUT2D eigenvalue weighted by Gasteiger charge is -2.14. The molecular weight excluding hydrogens is 342 g/mol. The van der Waals surface area contributed by atoms with Gasteiger partial charge in [0.2, 0.25) is 10.0 Å². The van der Waals surface area contributed by atoms with Crippen LogP contribution in [0, 0.1) is 5.92 Å². The molecule has 1 saturated heterocycles. The Morgan fingerprint density at radius 2 is 2.13 bits per heavy atom. The summed E-state index contributed by atoms with van der Waals surface area (Å²) in [6.07, 6.45) is -0.472. The van der Waals surface area contributed by atoms with E-state index in [0.29, 0.717) is 19.6 Å². The largest absolute Gasteiger partial charge is 0.391 e. The highest BCUT2D eigenvalue weighted by Crippen LogP contribution is 2.12. The van der Waals surface area contributed by atoms with Crippen LogP contribution in [0.4, 0.5) is 0 Å². The van der Waals surface area contributed by atoms with E-state index < -0.39 is 16.1 Å². The van der Waals surface area contributed by atoms with Crippen LogP contribution in [0.15, 0.2) is 29.2 Å². The van der Waals surface area contributed by atoms with E-state index >= 15 is 0 Å². The van der Waals surface area contributed by atoms with Gasteiger partial charge in [-0.15, -0.1) is 12.4 Å². The molecule has 0 radical (unpaired) electrons. The van der Waals surface area contributed by atoms with Gasteiger partial charge in [-0.05, 0) is 18.2 Å². The zero-order valence-electron chi connectivity index (χ0n) is 12.8. The average Bonchev–Trinajstić information content (AvgIpc) is 2.90. The summed E-state index contributed by atoms with van der Waals surface area (Å²) in [5.41, 5.74) is 0.277. The van der Waals surface area contributed by atoms with Gasteiger partial charge < -0.3 is 15.7 Å². The molecule has 1 fully saturated rings. The number of hydrogen-bond acceptors (Lipinski definition) is 5. The van der Waals surface area contributed by atoms with E-state index in [2.05, 4.69) is 15.4 Å². The van der Waals surface area contributed by atoms with Crippen molar-refractivity contribution >= 4 is 28.3 Å². The molecule has 1 aliphatic heterocycles. The molecule has 7 nitrogen and oxygen atoms in total. The molecule has 0 spiro atoms. The van der Waals surface area contributed by atoms with Gasteiger partial charge in [0.05, 0.1) is 11.0 Å². The standard InChI is InChI=1S/C14H21N3O4S.ClH/c1-2-17-22(20,21)12-5-3-4-10(6-12)14(19)16-8-11-7-15-9-13(11)18;/h3-6,11,13,15,17-18H,2,7-9H2,1H3,(H,16,19);1H. The molecule has 2 rings (SSSR count). The first-order valence-electron chi connectivity index (χ1n) is 7.20. The van der Waals surface area contributed by atoms with E-state index in [1.807, 2.05) is 0 Å². The van der Waals surface area contributed by atoms with Crippen LogP contribution in [0.5, 0.6) is 0 Å². The average molecular weight is 364 g/mol. The summed E-state index contributed by atoms with van der Waals surface area (Å²) in [6.45, 7) is 3.49. The van der Waals surface area contributed by atoms with Crippen molar-refractivity contribution in [1.29, 1.82) is 0 Å². The Bertz CT molecular complexity index is 639. The maximum atomic E-state index is 12.1. The van der Waals surface area contributed by atoms with Crippen LogP contribution in [0.2, 0.25) is 0 Å². The maximum absolute atomic E-state index is 12.1. The van der Waals surface area contributed by atoms with E-state index in [4.69, 9.17) is 0 Å². The number of aliphatic hydroxyl groups is 1. The number of hydrogen-bond donors (Lipinski definition) is 4. The smallest absolute Gasteiger partial charge is 0.251 e. The maximum Gasteiger partial charge on any atom is 0.251 e. The summed E-state index contributed by atoms with van der Waals surface area (Å²) in [4.78, 5) is 12.2. The minimum atomic E-state index is -3.59. The van der Waals surface area contributed by atoms with E-state index in [1.165, 1.54) is 18.2 Å². The molecule has 1 heterocycles. The Hall–Kier alpha value is -1.19. The molecule has 1 amide bonds. The molecule has 1 aliphatic rings. The van der Waals surface area contributed by atoms with Gasteiger partial charge in [0.25, 0.3) is 5.91 Å². The molecule has 4 N–H and O–H groups in total. The van der Waals surface area contributed by atoms with Crippen LogP contribution < -0.4 is 15.4 Å². The molecule has 1 aromatic carbocycles. The minimum absolute atomic E-state index is 0. The van der Waals surface area contributed by atoms with Crippen LogP contribution in [-0.4, -0.2) is 51.7 Å². The summed E-state index contributed by atoms with van der Waals surface area (Å²) < 4.78 is 26.3. The Kier molecular flexibility index (Phi) is 7.43. The monoisotopic (exact) mass is 363 g/mol. The first-order valence-corrected chi connectivity index (χ1v) is 8.69. The number of carbonyl (C=O) groups is 1. The number of β-amino-alcohol motifs (C(OH)–C–C–N with tert-alkyl or cyclic N) is 1. The third kappa shape index (κ3) is 5.15. The third-order valence-electron chi connectivity index (χ3n) is 3.57. The van der Waals surface area contributed by atoms with Crippen molar-refractivity contribution < 1.29 is 18.3 Å². The molecule has 1 aromatic rings. The van der Waals surface area contributed by atoms with Crippen LogP contribution in [0.1, 0.15) is 17.3 Å². The fraction of sp³-hybridized carbons (Fsp3) is 0.500. The van der Waals surface area contributed by atoms with Crippen molar-refractivity contribution in [2.75, 3.05) is 26.2 Å². The summed E-state index contributed by atoms with van der Waals surface area (Å²) >= 11 is 0. The molecule has 0 bridgehead atoms. The Balaban J connectivity index is 0.00000264. The highest BCUT2D eigenvalue weighted by atomic mass is 35.5. The molecule has 9 heteroatoms. The van der Waals surface area contributed by atoms with Gasteiger partial charge in [-0.2, -0.15) is 0 Å².